The van der Waals surface area contributed by atoms with Crippen molar-refractivity contribution in [2.75, 3.05) is 32.7 Å². The Labute approximate surface area is 156 Å². The van der Waals surface area contributed by atoms with Gasteiger partial charge in [0.15, 0.2) is 5.96 Å². The zero-order valence-corrected chi connectivity index (χ0v) is 16.4. The van der Waals surface area contributed by atoms with E-state index in [4.69, 9.17) is 0 Å². The fourth-order valence-electron chi connectivity index (χ4n) is 3.21. The standard InChI is InChI=1S/C16H30N4O2.HI/c1-2-17-16(20-11-8-14(21)12-20)19-10-9-18-15(22)13-6-4-3-5-7-13;/h13-14,21H,2-12H2,1H3,(H,17,19)(H,18,22);1H/t14-;/m1./s1. The lowest BCUT2D eigenvalue weighted by atomic mass is 9.89. The number of amides is 1. The first-order valence-electron chi connectivity index (χ1n) is 8.69. The zero-order valence-electron chi connectivity index (χ0n) is 14.1. The van der Waals surface area contributed by atoms with Gasteiger partial charge in [-0.2, -0.15) is 0 Å². The third kappa shape index (κ3) is 6.82. The molecular weight excluding hydrogens is 407 g/mol. The second-order valence-electron chi connectivity index (χ2n) is 6.25. The number of nitrogens with zero attached hydrogens (tertiary/aromatic N) is 2. The van der Waals surface area contributed by atoms with Crippen molar-refractivity contribution in [1.29, 1.82) is 0 Å². The second-order valence-corrected chi connectivity index (χ2v) is 6.25. The highest BCUT2D eigenvalue weighted by Crippen LogP contribution is 2.23. The van der Waals surface area contributed by atoms with Crippen molar-refractivity contribution in [3.63, 3.8) is 0 Å². The van der Waals surface area contributed by atoms with E-state index in [-0.39, 0.29) is 41.9 Å². The molecule has 7 heteroatoms. The van der Waals surface area contributed by atoms with Crippen LogP contribution in [0.5, 0.6) is 0 Å². The van der Waals surface area contributed by atoms with Crippen molar-refractivity contribution >= 4 is 35.8 Å². The van der Waals surface area contributed by atoms with Crippen LogP contribution in [0, 0.1) is 5.92 Å². The Morgan fingerprint density at radius 3 is 2.57 bits per heavy atom. The van der Waals surface area contributed by atoms with Crippen molar-refractivity contribution in [3.8, 4) is 0 Å². The Morgan fingerprint density at radius 1 is 1.22 bits per heavy atom. The smallest absolute Gasteiger partial charge is 0.223 e. The molecule has 1 amide bonds. The molecule has 6 nitrogen and oxygen atoms in total. The number of aliphatic hydroxyl groups is 1. The highest BCUT2D eigenvalue weighted by atomic mass is 127. The van der Waals surface area contributed by atoms with Gasteiger partial charge in [-0.15, -0.1) is 24.0 Å². The maximum absolute atomic E-state index is 12.0. The molecule has 0 aromatic heterocycles. The van der Waals surface area contributed by atoms with Crippen LogP contribution >= 0.6 is 24.0 Å². The van der Waals surface area contributed by atoms with Gasteiger partial charge in [0, 0.05) is 32.1 Å². The van der Waals surface area contributed by atoms with E-state index in [0.717, 1.165) is 38.3 Å². The van der Waals surface area contributed by atoms with Crippen LogP contribution in [0.25, 0.3) is 0 Å². The predicted octanol–water partition coefficient (Wildman–Crippen LogP) is 1.33. The van der Waals surface area contributed by atoms with E-state index < -0.39 is 0 Å². The highest BCUT2D eigenvalue weighted by Gasteiger charge is 2.23. The average molecular weight is 438 g/mol. The molecule has 1 atom stereocenters. The number of aliphatic hydroxyl groups excluding tert-OH is 1. The Bertz CT molecular complexity index is 386. The molecule has 1 saturated carbocycles. The van der Waals surface area contributed by atoms with Gasteiger partial charge in [-0.05, 0) is 26.2 Å². The van der Waals surface area contributed by atoms with Crippen LogP contribution in [0.3, 0.4) is 0 Å². The molecule has 1 aliphatic heterocycles. The van der Waals surface area contributed by atoms with Crippen molar-refractivity contribution in [1.82, 2.24) is 15.5 Å². The number of rotatable bonds is 5. The lowest BCUT2D eigenvalue weighted by Crippen LogP contribution is -2.41. The molecule has 3 N–H and O–H groups in total. The van der Waals surface area contributed by atoms with Crippen molar-refractivity contribution in [3.05, 3.63) is 0 Å². The molecule has 2 fully saturated rings. The summed E-state index contributed by atoms with van der Waals surface area (Å²) in [5.41, 5.74) is 0. The van der Waals surface area contributed by atoms with Gasteiger partial charge >= 0.3 is 0 Å². The highest BCUT2D eigenvalue weighted by molar-refractivity contribution is 14.0. The quantitative estimate of drug-likeness (QED) is 0.262. The average Bonchev–Trinajstić information content (AvgIpc) is 2.97. The lowest BCUT2D eigenvalue weighted by molar-refractivity contribution is -0.125. The molecule has 134 valence electrons. The summed E-state index contributed by atoms with van der Waals surface area (Å²) in [6, 6.07) is 0. The molecule has 0 aromatic carbocycles. The summed E-state index contributed by atoms with van der Waals surface area (Å²) in [5.74, 6) is 1.24. The van der Waals surface area contributed by atoms with Gasteiger partial charge in [-0.1, -0.05) is 19.3 Å². The molecule has 2 rings (SSSR count). The van der Waals surface area contributed by atoms with Gasteiger partial charge < -0.3 is 20.6 Å². The van der Waals surface area contributed by atoms with E-state index >= 15 is 0 Å². The molecule has 2 aliphatic rings. The van der Waals surface area contributed by atoms with E-state index in [0.29, 0.717) is 19.6 Å². The normalized spacial score (nSPS) is 22.6. The Morgan fingerprint density at radius 2 is 1.96 bits per heavy atom. The first kappa shape index (κ1) is 20.5. The maximum atomic E-state index is 12.0. The van der Waals surface area contributed by atoms with Crippen LogP contribution in [-0.4, -0.2) is 60.7 Å². The summed E-state index contributed by atoms with van der Waals surface area (Å²) in [4.78, 5) is 18.7. The van der Waals surface area contributed by atoms with Crippen LogP contribution < -0.4 is 10.6 Å². The van der Waals surface area contributed by atoms with Crippen molar-refractivity contribution in [2.24, 2.45) is 10.9 Å². The largest absolute Gasteiger partial charge is 0.391 e. The van der Waals surface area contributed by atoms with Crippen LogP contribution in [0.4, 0.5) is 0 Å². The van der Waals surface area contributed by atoms with Crippen LogP contribution in [0.15, 0.2) is 4.99 Å². The first-order chi connectivity index (χ1) is 10.7. The van der Waals surface area contributed by atoms with Crippen molar-refractivity contribution in [2.45, 2.75) is 51.6 Å². The topological polar surface area (TPSA) is 77.0 Å². The summed E-state index contributed by atoms with van der Waals surface area (Å²) in [5, 5.41) is 15.9. The number of halogens is 1. The Balaban J connectivity index is 0.00000264. The molecule has 1 aliphatic carbocycles. The van der Waals surface area contributed by atoms with Gasteiger partial charge in [-0.3, -0.25) is 9.79 Å². The Hall–Kier alpha value is -0.570. The molecule has 1 heterocycles. The van der Waals surface area contributed by atoms with Crippen LogP contribution in [-0.2, 0) is 4.79 Å². The predicted molar refractivity (Wildman–Crippen MR) is 103 cm³/mol. The summed E-state index contributed by atoms with van der Waals surface area (Å²) >= 11 is 0. The fourth-order valence-corrected chi connectivity index (χ4v) is 3.21. The number of β-amino-alcohol motifs (C(OH)–C–C–N with tert-alkyl or cyclic N) is 1. The number of guanidine groups is 1. The van der Waals surface area contributed by atoms with Gasteiger partial charge in [0.25, 0.3) is 0 Å². The fraction of sp³-hybridized carbons (Fsp3) is 0.875. The lowest BCUT2D eigenvalue weighted by Gasteiger charge is -2.22. The molecule has 23 heavy (non-hydrogen) atoms. The van der Waals surface area contributed by atoms with Gasteiger partial charge in [0.2, 0.25) is 5.91 Å². The minimum Gasteiger partial charge on any atom is -0.391 e. The molecule has 0 spiro atoms. The SMILES string of the molecule is CCNC(=NCCNC(=O)C1CCCCC1)N1CC[C@@H](O)C1.I. The Kier molecular flexibility index (Phi) is 9.85. The zero-order chi connectivity index (χ0) is 15.8. The number of hydrogen-bond acceptors (Lipinski definition) is 3. The number of hydrogen-bond donors (Lipinski definition) is 3. The molecule has 0 aromatic rings. The van der Waals surface area contributed by atoms with E-state index in [1.807, 2.05) is 6.92 Å². The molecule has 1 saturated heterocycles. The number of likely N-dealkylation sites (tertiary alicyclic amines) is 1. The van der Waals surface area contributed by atoms with E-state index in [2.05, 4.69) is 20.5 Å². The third-order valence-corrected chi connectivity index (χ3v) is 4.45. The van der Waals surface area contributed by atoms with Crippen LogP contribution in [0.1, 0.15) is 45.4 Å². The minimum atomic E-state index is -0.255. The summed E-state index contributed by atoms with van der Waals surface area (Å²) in [7, 11) is 0. The number of carbonyl (C=O) groups is 1. The number of carbonyl (C=O) groups excluding carboxylic acids is 1. The minimum absolute atomic E-state index is 0. The number of nitrogens with one attached hydrogen (secondary N) is 2. The third-order valence-electron chi connectivity index (χ3n) is 4.45. The van der Waals surface area contributed by atoms with E-state index in [1.54, 1.807) is 0 Å². The molecule has 0 bridgehead atoms. The maximum Gasteiger partial charge on any atom is 0.223 e. The van der Waals surface area contributed by atoms with E-state index in [9.17, 15) is 9.90 Å². The van der Waals surface area contributed by atoms with E-state index in [1.165, 1.54) is 19.3 Å². The monoisotopic (exact) mass is 438 g/mol. The van der Waals surface area contributed by atoms with Crippen molar-refractivity contribution < 1.29 is 9.90 Å². The first-order valence-corrected chi connectivity index (χ1v) is 8.69. The van der Waals surface area contributed by atoms with Crippen LogP contribution in [0.2, 0.25) is 0 Å². The van der Waals surface area contributed by atoms with Gasteiger partial charge in [-0.25, -0.2) is 0 Å². The van der Waals surface area contributed by atoms with Gasteiger partial charge in [0.05, 0.1) is 12.6 Å². The second kappa shape index (κ2) is 11.1. The molecule has 0 unspecified atom stereocenters. The summed E-state index contributed by atoms with van der Waals surface area (Å²) in [6.07, 6.45) is 6.23. The molecule has 0 radical (unpaired) electrons. The number of aliphatic imine (C=N–C) groups is 1. The molecular formula is C16H31IN4O2. The summed E-state index contributed by atoms with van der Waals surface area (Å²) in [6.45, 7) is 5.47. The van der Waals surface area contributed by atoms with Gasteiger partial charge in [0.1, 0.15) is 0 Å². The summed E-state index contributed by atoms with van der Waals surface area (Å²) < 4.78 is 0.